The summed E-state index contributed by atoms with van der Waals surface area (Å²) in [7, 11) is 1.75. The van der Waals surface area contributed by atoms with E-state index in [-0.39, 0.29) is 12.1 Å². The zero-order valence-corrected chi connectivity index (χ0v) is 17.6. The zero-order chi connectivity index (χ0) is 19.8. The van der Waals surface area contributed by atoms with E-state index < -0.39 is 0 Å². The molecule has 4 heterocycles. The normalized spacial score (nSPS) is 26.4. The molecule has 0 amide bonds. The van der Waals surface area contributed by atoms with Crippen molar-refractivity contribution in [3.05, 3.63) is 53.9 Å². The van der Waals surface area contributed by atoms with Crippen LogP contribution in [0.15, 0.2) is 47.6 Å². The number of morpholine rings is 1. The molecule has 1 aromatic heterocycles. The second-order valence-electron chi connectivity index (χ2n) is 7.67. The maximum absolute atomic E-state index is 5.81. The molecule has 0 N–H and O–H groups in total. The minimum atomic E-state index is 0.00476. The molecule has 0 bridgehead atoms. The van der Waals surface area contributed by atoms with Gasteiger partial charge in [-0.25, -0.2) is 0 Å². The quantitative estimate of drug-likeness (QED) is 0.769. The third kappa shape index (κ3) is 3.46. The maximum atomic E-state index is 5.81. The lowest BCUT2D eigenvalue weighted by Crippen LogP contribution is -2.36. The Kier molecular flexibility index (Phi) is 5.09. The van der Waals surface area contributed by atoms with E-state index in [2.05, 4.69) is 46.0 Å². The fraction of sp³-hybridized carbons (Fsp3) is 0.455. The first kappa shape index (κ1) is 18.8. The number of benzene rings is 1. The number of methoxy groups -OCH3 is 1. The lowest BCUT2D eigenvalue weighted by molar-refractivity contribution is 0.122. The monoisotopic (exact) mass is 410 g/mol. The first-order valence-electron chi connectivity index (χ1n) is 10.2. The number of aromatic nitrogens is 1. The van der Waals surface area contributed by atoms with Crippen LogP contribution in [0.4, 0.5) is 5.69 Å². The number of pyridine rings is 1. The molecule has 0 saturated carbocycles. The number of hydrogen-bond acceptors (Lipinski definition) is 7. The van der Waals surface area contributed by atoms with Crippen LogP contribution in [0.25, 0.3) is 0 Å². The van der Waals surface area contributed by atoms with Gasteiger partial charge in [0, 0.05) is 31.1 Å². The van der Waals surface area contributed by atoms with E-state index in [1.54, 1.807) is 7.11 Å². The molecule has 0 spiro atoms. The van der Waals surface area contributed by atoms with E-state index in [0.717, 1.165) is 55.1 Å². The number of thioether (sulfide) groups is 1. The number of anilines is 1. The number of amidine groups is 1. The van der Waals surface area contributed by atoms with Gasteiger partial charge in [0.05, 0.1) is 37.7 Å². The molecule has 2 saturated heterocycles. The number of aliphatic imine (C=N–C) groups is 1. The molecule has 1 aromatic carbocycles. The molecule has 2 aromatic rings. The predicted octanol–water partition coefficient (Wildman–Crippen LogP) is 3.52. The van der Waals surface area contributed by atoms with Crippen molar-refractivity contribution < 1.29 is 9.47 Å². The van der Waals surface area contributed by atoms with Gasteiger partial charge in [-0.2, -0.15) is 0 Å². The number of rotatable bonds is 4. The first-order chi connectivity index (χ1) is 14.2. The highest BCUT2D eigenvalue weighted by atomic mass is 32.2. The summed E-state index contributed by atoms with van der Waals surface area (Å²) < 4.78 is 11.3. The van der Waals surface area contributed by atoms with Crippen LogP contribution >= 0.6 is 11.8 Å². The molecule has 29 heavy (non-hydrogen) atoms. The van der Waals surface area contributed by atoms with Crippen LogP contribution in [0.5, 0.6) is 5.75 Å². The van der Waals surface area contributed by atoms with E-state index in [4.69, 9.17) is 14.5 Å². The van der Waals surface area contributed by atoms with E-state index in [0.29, 0.717) is 5.25 Å². The summed E-state index contributed by atoms with van der Waals surface area (Å²) in [6, 6.07) is 12.9. The molecule has 152 valence electrons. The summed E-state index contributed by atoms with van der Waals surface area (Å²) in [6.45, 7) is 6.57. The van der Waals surface area contributed by atoms with Crippen LogP contribution in [0.1, 0.15) is 30.3 Å². The van der Waals surface area contributed by atoms with Gasteiger partial charge in [0.25, 0.3) is 0 Å². The van der Waals surface area contributed by atoms with Crippen LogP contribution < -0.4 is 9.64 Å². The second kappa shape index (κ2) is 7.88. The summed E-state index contributed by atoms with van der Waals surface area (Å²) in [5, 5.41) is 1.69. The van der Waals surface area contributed by atoms with Gasteiger partial charge in [0.2, 0.25) is 0 Å². The molecule has 3 atom stereocenters. The smallest absolute Gasteiger partial charge is 0.160 e. The van der Waals surface area contributed by atoms with Crippen LogP contribution in [0.3, 0.4) is 0 Å². The van der Waals surface area contributed by atoms with E-state index >= 15 is 0 Å². The Hall–Kier alpha value is -2.25. The molecular formula is C22H26N4O2S. The Bertz CT molecular complexity index is 901. The summed E-state index contributed by atoms with van der Waals surface area (Å²) in [5.74, 6) is 0.914. The highest BCUT2D eigenvalue weighted by Crippen LogP contribution is 2.48. The van der Waals surface area contributed by atoms with Gasteiger partial charge < -0.3 is 19.3 Å². The average molecular weight is 411 g/mol. The Balaban J connectivity index is 1.52. The highest BCUT2D eigenvalue weighted by Gasteiger charge is 2.43. The number of nitrogens with zero attached hydrogens (tertiary/aromatic N) is 4. The molecule has 3 aliphatic heterocycles. The van der Waals surface area contributed by atoms with Gasteiger partial charge in [-0.05, 0) is 29.8 Å². The number of hydrogen-bond donors (Lipinski definition) is 0. The number of ether oxygens (including phenoxy) is 2. The molecule has 7 heteroatoms. The highest BCUT2D eigenvalue weighted by molar-refractivity contribution is 8.14. The molecule has 0 aliphatic carbocycles. The van der Waals surface area contributed by atoms with E-state index in [1.807, 2.05) is 30.1 Å². The lowest BCUT2D eigenvalue weighted by atomic mass is 9.95. The van der Waals surface area contributed by atoms with Crippen molar-refractivity contribution in [1.82, 2.24) is 9.88 Å². The third-order valence-corrected chi connectivity index (χ3v) is 6.88. The van der Waals surface area contributed by atoms with Gasteiger partial charge in [-0.3, -0.25) is 9.98 Å². The van der Waals surface area contributed by atoms with Crippen LogP contribution in [0, 0.1) is 0 Å². The fourth-order valence-corrected chi connectivity index (χ4v) is 5.51. The molecule has 2 fully saturated rings. The molecule has 6 nitrogen and oxygen atoms in total. The van der Waals surface area contributed by atoms with Crippen molar-refractivity contribution in [3.8, 4) is 5.75 Å². The summed E-state index contributed by atoms with van der Waals surface area (Å²) >= 11 is 1.86. The minimum Gasteiger partial charge on any atom is -0.495 e. The average Bonchev–Trinajstić information content (AvgIpc) is 3.30. The molecule has 0 unspecified atom stereocenters. The van der Waals surface area contributed by atoms with E-state index in [1.165, 1.54) is 5.56 Å². The van der Waals surface area contributed by atoms with Crippen molar-refractivity contribution >= 4 is 22.6 Å². The Morgan fingerprint density at radius 3 is 2.79 bits per heavy atom. The molecule has 0 radical (unpaired) electrons. The standard InChI is InChI=1S/C22H26N4O2S/c1-15-14-26-21(20(24-22(26)29-15)17-5-3-4-8-23-17)16-6-7-18(19(13-16)27-2)25-9-11-28-12-10-25/h3-8,13,15,20-21H,9-12,14H2,1-2H3/t15-,20+,21-/m1/s1. The van der Waals surface area contributed by atoms with Crippen LogP contribution in [0.2, 0.25) is 0 Å². The molecular weight excluding hydrogens is 384 g/mol. The van der Waals surface area contributed by atoms with Crippen LogP contribution in [-0.4, -0.2) is 60.3 Å². The fourth-order valence-electron chi connectivity index (χ4n) is 4.42. The molecule has 3 aliphatic rings. The summed E-state index contributed by atoms with van der Waals surface area (Å²) in [5.41, 5.74) is 3.38. The Morgan fingerprint density at radius 1 is 1.17 bits per heavy atom. The van der Waals surface area contributed by atoms with Gasteiger partial charge in [0.15, 0.2) is 5.17 Å². The van der Waals surface area contributed by atoms with Crippen molar-refractivity contribution in [1.29, 1.82) is 0 Å². The molecule has 5 rings (SSSR count). The zero-order valence-electron chi connectivity index (χ0n) is 16.8. The van der Waals surface area contributed by atoms with Gasteiger partial charge in [-0.1, -0.05) is 30.8 Å². The summed E-state index contributed by atoms with van der Waals surface area (Å²) in [4.78, 5) is 14.5. The first-order valence-corrected chi connectivity index (χ1v) is 11.0. The second-order valence-corrected chi connectivity index (χ2v) is 9.07. The van der Waals surface area contributed by atoms with Gasteiger partial charge >= 0.3 is 0 Å². The minimum absolute atomic E-state index is 0.00476. The summed E-state index contributed by atoms with van der Waals surface area (Å²) in [6.07, 6.45) is 1.86. The largest absolute Gasteiger partial charge is 0.495 e. The third-order valence-electron chi connectivity index (χ3n) is 5.78. The maximum Gasteiger partial charge on any atom is 0.160 e. The van der Waals surface area contributed by atoms with Crippen molar-refractivity contribution in [3.63, 3.8) is 0 Å². The van der Waals surface area contributed by atoms with Crippen molar-refractivity contribution in [2.45, 2.75) is 24.3 Å². The topological polar surface area (TPSA) is 50.2 Å². The van der Waals surface area contributed by atoms with E-state index in [9.17, 15) is 0 Å². The van der Waals surface area contributed by atoms with Crippen molar-refractivity contribution in [2.24, 2.45) is 4.99 Å². The number of fused-ring (bicyclic) bond motifs is 1. The SMILES string of the molecule is COc1cc([C@@H]2[C@H](c3ccccn3)N=C3S[C@H](C)CN32)ccc1N1CCOCC1. The van der Waals surface area contributed by atoms with Gasteiger partial charge in [0.1, 0.15) is 11.8 Å². The van der Waals surface area contributed by atoms with Crippen molar-refractivity contribution in [2.75, 3.05) is 44.9 Å². The predicted molar refractivity (Wildman–Crippen MR) is 117 cm³/mol. The lowest BCUT2D eigenvalue weighted by Gasteiger charge is -2.32. The van der Waals surface area contributed by atoms with Gasteiger partial charge in [-0.15, -0.1) is 0 Å². The van der Waals surface area contributed by atoms with Crippen LogP contribution in [-0.2, 0) is 4.74 Å². The Morgan fingerprint density at radius 2 is 2.03 bits per heavy atom. The Labute approximate surface area is 175 Å².